The van der Waals surface area contributed by atoms with Gasteiger partial charge in [-0.25, -0.2) is 0 Å². The van der Waals surface area contributed by atoms with Gasteiger partial charge in [0.15, 0.2) is 0 Å². The fourth-order valence-corrected chi connectivity index (χ4v) is 2.68. The predicted molar refractivity (Wildman–Crippen MR) is 74.7 cm³/mol. The van der Waals surface area contributed by atoms with Crippen LogP contribution in [0.3, 0.4) is 0 Å². The van der Waals surface area contributed by atoms with E-state index in [1.54, 1.807) is 6.26 Å². The number of hydrogen-bond acceptors (Lipinski definition) is 3. The van der Waals surface area contributed by atoms with Gasteiger partial charge in [0.25, 0.3) is 0 Å². The average molecular weight is 250 g/mol. The molecule has 0 bridgehead atoms. The summed E-state index contributed by atoms with van der Waals surface area (Å²) in [6.45, 7) is 9.49. The SMILES string of the molecule is CC(CNC(C)Cc1ccco1)CN1CCCC1. The second-order valence-electron chi connectivity index (χ2n) is 5.71. The zero-order chi connectivity index (χ0) is 12.8. The zero-order valence-electron chi connectivity index (χ0n) is 11.7. The molecule has 1 fully saturated rings. The quantitative estimate of drug-likeness (QED) is 0.806. The summed E-state index contributed by atoms with van der Waals surface area (Å²) in [6, 6.07) is 4.49. The summed E-state index contributed by atoms with van der Waals surface area (Å²) in [5.41, 5.74) is 0. The van der Waals surface area contributed by atoms with Crippen LogP contribution in [0.15, 0.2) is 22.8 Å². The first-order valence-electron chi connectivity index (χ1n) is 7.22. The normalized spacial score (nSPS) is 20.1. The van der Waals surface area contributed by atoms with Crippen LogP contribution in [0.2, 0.25) is 0 Å². The van der Waals surface area contributed by atoms with Crippen molar-refractivity contribution in [2.24, 2.45) is 5.92 Å². The molecular weight excluding hydrogens is 224 g/mol. The van der Waals surface area contributed by atoms with Gasteiger partial charge >= 0.3 is 0 Å². The molecule has 1 aromatic rings. The van der Waals surface area contributed by atoms with Crippen LogP contribution in [-0.4, -0.2) is 37.1 Å². The minimum Gasteiger partial charge on any atom is -0.469 e. The monoisotopic (exact) mass is 250 g/mol. The Morgan fingerprint density at radius 2 is 2.11 bits per heavy atom. The molecule has 18 heavy (non-hydrogen) atoms. The number of furan rings is 1. The second kappa shape index (κ2) is 6.95. The fraction of sp³-hybridized carbons (Fsp3) is 0.733. The van der Waals surface area contributed by atoms with Crippen LogP contribution in [0.25, 0.3) is 0 Å². The molecule has 2 heterocycles. The Kier molecular flexibility index (Phi) is 5.26. The molecular formula is C15H26N2O. The van der Waals surface area contributed by atoms with Crippen molar-refractivity contribution in [3.8, 4) is 0 Å². The first-order chi connectivity index (χ1) is 8.74. The van der Waals surface area contributed by atoms with Crippen molar-refractivity contribution >= 4 is 0 Å². The van der Waals surface area contributed by atoms with Crippen LogP contribution in [0.4, 0.5) is 0 Å². The summed E-state index contributed by atoms with van der Waals surface area (Å²) in [5, 5.41) is 3.61. The highest BCUT2D eigenvalue weighted by atomic mass is 16.3. The lowest BCUT2D eigenvalue weighted by atomic mass is 10.1. The molecule has 102 valence electrons. The molecule has 2 unspecified atom stereocenters. The molecule has 0 aromatic carbocycles. The smallest absolute Gasteiger partial charge is 0.105 e. The molecule has 2 rings (SSSR count). The molecule has 0 saturated carbocycles. The second-order valence-corrected chi connectivity index (χ2v) is 5.71. The summed E-state index contributed by atoms with van der Waals surface area (Å²) < 4.78 is 5.37. The van der Waals surface area contributed by atoms with E-state index < -0.39 is 0 Å². The molecule has 1 saturated heterocycles. The molecule has 1 N–H and O–H groups in total. The molecule has 0 spiro atoms. The maximum absolute atomic E-state index is 5.37. The topological polar surface area (TPSA) is 28.4 Å². The van der Waals surface area contributed by atoms with E-state index in [-0.39, 0.29) is 0 Å². The van der Waals surface area contributed by atoms with Crippen molar-refractivity contribution in [2.75, 3.05) is 26.2 Å². The molecule has 2 atom stereocenters. The Morgan fingerprint density at radius 1 is 1.33 bits per heavy atom. The van der Waals surface area contributed by atoms with Gasteiger partial charge in [-0.2, -0.15) is 0 Å². The Morgan fingerprint density at radius 3 is 2.78 bits per heavy atom. The highest BCUT2D eigenvalue weighted by Crippen LogP contribution is 2.10. The van der Waals surface area contributed by atoms with E-state index in [2.05, 4.69) is 24.1 Å². The Bertz CT molecular complexity index is 317. The van der Waals surface area contributed by atoms with Gasteiger partial charge in [0.05, 0.1) is 6.26 Å². The number of nitrogens with one attached hydrogen (secondary N) is 1. The lowest BCUT2D eigenvalue weighted by Gasteiger charge is -2.22. The number of hydrogen-bond donors (Lipinski definition) is 1. The minimum atomic E-state index is 0.483. The molecule has 3 nitrogen and oxygen atoms in total. The van der Waals surface area contributed by atoms with Crippen molar-refractivity contribution in [2.45, 2.75) is 39.2 Å². The highest BCUT2D eigenvalue weighted by molar-refractivity contribution is 4.99. The van der Waals surface area contributed by atoms with Crippen molar-refractivity contribution in [3.63, 3.8) is 0 Å². The third-order valence-electron chi connectivity index (χ3n) is 3.67. The van der Waals surface area contributed by atoms with E-state index in [0.717, 1.165) is 24.6 Å². The van der Waals surface area contributed by atoms with Crippen molar-refractivity contribution in [1.29, 1.82) is 0 Å². The van der Waals surface area contributed by atoms with Crippen molar-refractivity contribution < 1.29 is 4.42 Å². The van der Waals surface area contributed by atoms with Crippen LogP contribution in [0.5, 0.6) is 0 Å². The third kappa shape index (κ3) is 4.46. The maximum atomic E-state index is 5.37. The van der Waals surface area contributed by atoms with Crippen LogP contribution >= 0.6 is 0 Å². The van der Waals surface area contributed by atoms with Crippen LogP contribution in [0.1, 0.15) is 32.4 Å². The number of likely N-dealkylation sites (tertiary alicyclic amines) is 1. The van der Waals surface area contributed by atoms with Gasteiger partial charge in [-0.15, -0.1) is 0 Å². The lowest BCUT2D eigenvalue weighted by Crippen LogP contribution is -2.36. The van der Waals surface area contributed by atoms with E-state index in [4.69, 9.17) is 4.42 Å². The van der Waals surface area contributed by atoms with E-state index in [1.807, 2.05) is 12.1 Å². The van der Waals surface area contributed by atoms with Gasteiger partial charge in [-0.3, -0.25) is 0 Å². The Hall–Kier alpha value is -0.800. The van der Waals surface area contributed by atoms with Gasteiger partial charge < -0.3 is 14.6 Å². The Balaban J connectivity index is 1.61. The average Bonchev–Trinajstić information content (AvgIpc) is 2.99. The Labute approximate surface area is 111 Å². The van der Waals surface area contributed by atoms with Gasteiger partial charge in [-0.1, -0.05) is 6.92 Å². The molecule has 0 amide bonds. The maximum Gasteiger partial charge on any atom is 0.105 e. The lowest BCUT2D eigenvalue weighted by molar-refractivity contribution is 0.277. The molecule has 1 aliphatic rings. The molecule has 0 aliphatic carbocycles. The van der Waals surface area contributed by atoms with Gasteiger partial charge in [-0.05, 0) is 57.5 Å². The zero-order valence-corrected chi connectivity index (χ0v) is 11.7. The van der Waals surface area contributed by atoms with E-state index in [9.17, 15) is 0 Å². The summed E-state index contributed by atoms with van der Waals surface area (Å²) in [5.74, 6) is 1.80. The predicted octanol–water partition coefficient (Wildman–Crippen LogP) is 2.53. The minimum absolute atomic E-state index is 0.483. The van der Waals surface area contributed by atoms with Crippen LogP contribution in [0, 0.1) is 5.92 Å². The van der Waals surface area contributed by atoms with Gasteiger partial charge in [0.2, 0.25) is 0 Å². The highest BCUT2D eigenvalue weighted by Gasteiger charge is 2.15. The first kappa shape index (κ1) is 13.6. The van der Waals surface area contributed by atoms with Crippen molar-refractivity contribution in [1.82, 2.24) is 10.2 Å². The first-order valence-corrected chi connectivity index (χ1v) is 7.22. The van der Waals surface area contributed by atoms with E-state index in [1.165, 1.54) is 32.5 Å². The molecule has 0 radical (unpaired) electrons. The van der Waals surface area contributed by atoms with Gasteiger partial charge in [0, 0.05) is 19.0 Å². The van der Waals surface area contributed by atoms with E-state index >= 15 is 0 Å². The van der Waals surface area contributed by atoms with Crippen LogP contribution in [-0.2, 0) is 6.42 Å². The molecule has 1 aromatic heterocycles. The standard InChI is InChI=1S/C15H26N2O/c1-13(12-17-7-3-4-8-17)11-16-14(2)10-15-6-5-9-18-15/h5-6,9,13-14,16H,3-4,7-8,10-12H2,1-2H3. The number of rotatable bonds is 7. The third-order valence-corrected chi connectivity index (χ3v) is 3.67. The number of nitrogens with zero attached hydrogens (tertiary/aromatic N) is 1. The van der Waals surface area contributed by atoms with Crippen LogP contribution < -0.4 is 5.32 Å². The van der Waals surface area contributed by atoms with E-state index in [0.29, 0.717) is 6.04 Å². The fourth-order valence-electron chi connectivity index (χ4n) is 2.68. The largest absolute Gasteiger partial charge is 0.469 e. The molecule has 3 heteroatoms. The summed E-state index contributed by atoms with van der Waals surface area (Å²) >= 11 is 0. The molecule has 1 aliphatic heterocycles. The van der Waals surface area contributed by atoms with Crippen molar-refractivity contribution in [3.05, 3.63) is 24.2 Å². The summed E-state index contributed by atoms with van der Waals surface area (Å²) in [6.07, 6.45) is 5.49. The summed E-state index contributed by atoms with van der Waals surface area (Å²) in [7, 11) is 0. The van der Waals surface area contributed by atoms with Gasteiger partial charge in [0.1, 0.15) is 5.76 Å². The summed E-state index contributed by atoms with van der Waals surface area (Å²) in [4.78, 5) is 2.59.